The summed E-state index contributed by atoms with van der Waals surface area (Å²) in [6.07, 6.45) is 0. The molecule has 0 aliphatic heterocycles. The molecule has 150 valence electrons. The van der Waals surface area contributed by atoms with Gasteiger partial charge in [0.1, 0.15) is 5.75 Å². The minimum atomic E-state index is -0.546. The molecule has 5 heteroatoms. The van der Waals surface area contributed by atoms with Crippen LogP contribution in [0.4, 0.5) is 0 Å². The molecular formula is C24H26N2O3. The van der Waals surface area contributed by atoms with E-state index in [0.29, 0.717) is 11.3 Å². The van der Waals surface area contributed by atoms with Crippen molar-refractivity contribution in [1.29, 1.82) is 0 Å². The minimum Gasteiger partial charge on any atom is -0.497 e. The van der Waals surface area contributed by atoms with E-state index in [9.17, 15) is 9.59 Å². The van der Waals surface area contributed by atoms with Gasteiger partial charge in [-0.3, -0.25) is 9.59 Å². The summed E-state index contributed by atoms with van der Waals surface area (Å²) in [5, 5.41) is 0. The molecule has 0 spiro atoms. The standard InChI is InChI=1S/C18H20N2O3.C6H6/c1-13-6-3-4-9-16(13)18(22)20(12-17(19)21)11-14-7-5-8-15(10-14)23-2;1-2-4-6-5-3-1/h3-10H,11-12H2,1-2H3,(H2,19,21);1-6H. The van der Waals surface area contributed by atoms with Gasteiger partial charge in [0, 0.05) is 12.1 Å². The third-order valence-corrected chi connectivity index (χ3v) is 4.18. The zero-order valence-corrected chi connectivity index (χ0v) is 16.7. The van der Waals surface area contributed by atoms with Crippen molar-refractivity contribution in [3.05, 3.63) is 102 Å². The Morgan fingerprint density at radius 2 is 1.52 bits per heavy atom. The van der Waals surface area contributed by atoms with Crippen LogP contribution >= 0.6 is 0 Å². The van der Waals surface area contributed by atoms with Crippen LogP contribution in [0.15, 0.2) is 84.9 Å². The lowest BCUT2D eigenvalue weighted by Crippen LogP contribution is -2.38. The second-order valence-corrected chi connectivity index (χ2v) is 6.45. The molecule has 0 heterocycles. The molecule has 0 fully saturated rings. The Kier molecular flexibility index (Phi) is 8.45. The van der Waals surface area contributed by atoms with Crippen LogP contribution in [0.25, 0.3) is 0 Å². The zero-order valence-electron chi connectivity index (χ0n) is 16.7. The molecule has 3 rings (SSSR count). The summed E-state index contributed by atoms with van der Waals surface area (Å²) >= 11 is 0. The van der Waals surface area contributed by atoms with Crippen LogP contribution in [0.1, 0.15) is 21.5 Å². The monoisotopic (exact) mass is 390 g/mol. The lowest BCUT2D eigenvalue weighted by atomic mass is 10.1. The van der Waals surface area contributed by atoms with Crippen LogP contribution in [-0.2, 0) is 11.3 Å². The average Bonchev–Trinajstić information content (AvgIpc) is 2.75. The Balaban J connectivity index is 0.000000426. The van der Waals surface area contributed by atoms with E-state index >= 15 is 0 Å². The molecule has 0 radical (unpaired) electrons. The third kappa shape index (κ3) is 7.14. The van der Waals surface area contributed by atoms with Crippen LogP contribution in [0, 0.1) is 6.92 Å². The number of hydrogen-bond donors (Lipinski definition) is 1. The van der Waals surface area contributed by atoms with Crippen molar-refractivity contribution in [1.82, 2.24) is 4.90 Å². The first kappa shape index (κ1) is 21.7. The number of nitrogens with zero attached hydrogens (tertiary/aromatic N) is 1. The lowest BCUT2D eigenvalue weighted by molar-refractivity contribution is -0.118. The molecule has 3 aromatic carbocycles. The number of primary amides is 1. The van der Waals surface area contributed by atoms with E-state index in [-0.39, 0.29) is 19.0 Å². The number of amides is 2. The fourth-order valence-corrected chi connectivity index (χ4v) is 2.75. The van der Waals surface area contributed by atoms with Crippen LogP contribution < -0.4 is 10.5 Å². The first-order valence-electron chi connectivity index (χ1n) is 9.27. The SMILES string of the molecule is COc1cccc(CN(CC(N)=O)C(=O)c2ccccc2C)c1.c1ccccc1. The molecule has 0 aliphatic rings. The van der Waals surface area contributed by atoms with E-state index in [2.05, 4.69) is 0 Å². The Hall–Kier alpha value is -3.60. The molecule has 29 heavy (non-hydrogen) atoms. The van der Waals surface area contributed by atoms with Gasteiger partial charge < -0.3 is 15.4 Å². The molecule has 5 nitrogen and oxygen atoms in total. The number of benzene rings is 3. The molecule has 0 aliphatic carbocycles. The molecule has 0 saturated carbocycles. The van der Waals surface area contributed by atoms with Crippen molar-refractivity contribution in [3.8, 4) is 5.75 Å². The second-order valence-electron chi connectivity index (χ2n) is 6.45. The average molecular weight is 390 g/mol. The molecule has 0 atom stereocenters. The minimum absolute atomic E-state index is 0.135. The number of methoxy groups -OCH3 is 1. The topological polar surface area (TPSA) is 72.6 Å². The summed E-state index contributed by atoms with van der Waals surface area (Å²) in [7, 11) is 1.58. The van der Waals surface area contributed by atoms with Gasteiger partial charge in [-0.05, 0) is 36.2 Å². The maximum atomic E-state index is 12.7. The Labute approximate surface area is 171 Å². The maximum Gasteiger partial charge on any atom is 0.254 e. The van der Waals surface area contributed by atoms with E-state index < -0.39 is 5.91 Å². The number of carbonyl (C=O) groups is 2. The number of aryl methyl sites for hydroxylation is 1. The highest BCUT2D eigenvalue weighted by Crippen LogP contribution is 2.17. The van der Waals surface area contributed by atoms with Gasteiger partial charge in [0.25, 0.3) is 5.91 Å². The third-order valence-electron chi connectivity index (χ3n) is 4.18. The van der Waals surface area contributed by atoms with E-state index in [1.807, 2.05) is 79.7 Å². The second kappa shape index (κ2) is 11.3. The van der Waals surface area contributed by atoms with E-state index in [1.165, 1.54) is 4.90 Å². The van der Waals surface area contributed by atoms with Gasteiger partial charge in [-0.15, -0.1) is 0 Å². The predicted molar refractivity (Wildman–Crippen MR) is 115 cm³/mol. The van der Waals surface area contributed by atoms with Crippen LogP contribution in [0.2, 0.25) is 0 Å². The summed E-state index contributed by atoms with van der Waals surface area (Å²) in [6.45, 7) is 2.01. The van der Waals surface area contributed by atoms with Gasteiger partial charge in [0.15, 0.2) is 0 Å². The first-order valence-corrected chi connectivity index (χ1v) is 9.27. The number of nitrogens with two attached hydrogens (primary N) is 1. The Morgan fingerprint density at radius 3 is 2.07 bits per heavy atom. The van der Waals surface area contributed by atoms with Crippen molar-refractivity contribution >= 4 is 11.8 Å². The van der Waals surface area contributed by atoms with Gasteiger partial charge in [0.2, 0.25) is 5.91 Å². The fraction of sp³-hybridized carbons (Fsp3) is 0.167. The smallest absolute Gasteiger partial charge is 0.254 e. The van der Waals surface area contributed by atoms with Crippen molar-refractivity contribution in [2.24, 2.45) is 5.73 Å². The zero-order chi connectivity index (χ0) is 21.1. The summed E-state index contributed by atoms with van der Waals surface area (Å²) in [6, 6.07) is 26.7. The quantitative estimate of drug-likeness (QED) is 0.695. The van der Waals surface area contributed by atoms with E-state index in [4.69, 9.17) is 10.5 Å². The highest BCUT2D eigenvalue weighted by atomic mass is 16.5. The van der Waals surface area contributed by atoms with E-state index in [1.54, 1.807) is 19.2 Å². The van der Waals surface area contributed by atoms with Gasteiger partial charge >= 0.3 is 0 Å². The first-order chi connectivity index (χ1) is 14.0. The fourth-order valence-electron chi connectivity index (χ4n) is 2.75. The summed E-state index contributed by atoms with van der Waals surface area (Å²) in [5.74, 6) is -0.0654. The predicted octanol–water partition coefficient (Wildman–Crippen LogP) is 3.82. The molecule has 2 amide bonds. The number of rotatable bonds is 6. The normalized spacial score (nSPS) is 9.72. The van der Waals surface area contributed by atoms with Crippen molar-refractivity contribution in [2.45, 2.75) is 13.5 Å². The highest BCUT2D eigenvalue weighted by Gasteiger charge is 2.19. The van der Waals surface area contributed by atoms with Crippen LogP contribution in [-0.4, -0.2) is 30.4 Å². The van der Waals surface area contributed by atoms with Crippen molar-refractivity contribution in [3.63, 3.8) is 0 Å². The molecule has 2 N–H and O–H groups in total. The largest absolute Gasteiger partial charge is 0.497 e. The van der Waals surface area contributed by atoms with Crippen molar-refractivity contribution in [2.75, 3.05) is 13.7 Å². The highest BCUT2D eigenvalue weighted by molar-refractivity contribution is 5.97. The summed E-state index contributed by atoms with van der Waals surface area (Å²) in [5.41, 5.74) is 7.59. The number of carbonyl (C=O) groups excluding carboxylic acids is 2. The van der Waals surface area contributed by atoms with Crippen LogP contribution in [0.5, 0.6) is 5.75 Å². The molecule has 0 saturated heterocycles. The van der Waals surface area contributed by atoms with Crippen LogP contribution in [0.3, 0.4) is 0 Å². The van der Waals surface area contributed by atoms with Gasteiger partial charge in [-0.1, -0.05) is 66.7 Å². The maximum absolute atomic E-state index is 12.7. The van der Waals surface area contributed by atoms with Gasteiger partial charge in [-0.2, -0.15) is 0 Å². The Morgan fingerprint density at radius 1 is 0.897 bits per heavy atom. The van der Waals surface area contributed by atoms with E-state index in [0.717, 1.165) is 11.1 Å². The summed E-state index contributed by atoms with van der Waals surface area (Å²) in [4.78, 5) is 25.5. The lowest BCUT2D eigenvalue weighted by Gasteiger charge is -2.22. The molecule has 0 bridgehead atoms. The number of ether oxygens (including phenoxy) is 1. The Bertz CT molecular complexity index is 899. The van der Waals surface area contributed by atoms with Crippen molar-refractivity contribution < 1.29 is 14.3 Å². The molecule has 0 aromatic heterocycles. The summed E-state index contributed by atoms with van der Waals surface area (Å²) < 4.78 is 5.19. The van der Waals surface area contributed by atoms with Gasteiger partial charge in [0.05, 0.1) is 13.7 Å². The molecular weight excluding hydrogens is 364 g/mol. The van der Waals surface area contributed by atoms with Gasteiger partial charge in [-0.25, -0.2) is 0 Å². The number of hydrogen-bond acceptors (Lipinski definition) is 3. The molecule has 0 unspecified atom stereocenters. The molecule has 3 aromatic rings.